The van der Waals surface area contributed by atoms with Crippen LogP contribution in [0.15, 0.2) is 18.2 Å². The smallest absolute Gasteiger partial charge is 0.120 e. The Morgan fingerprint density at radius 1 is 1.41 bits per heavy atom. The number of benzene rings is 1. The van der Waals surface area contributed by atoms with Gasteiger partial charge in [-0.05, 0) is 38.3 Å². The first-order valence-electron chi connectivity index (χ1n) is 6.30. The van der Waals surface area contributed by atoms with Gasteiger partial charge in [-0.2, -0.15) is 0 Å². The number of phenols is 1. The molecular weight excluding hydrogens is 214 g/mol. The maximum atomic E-state index is 9.81. The van der Waals surface area contributed by atoms with Crippen molar-refractivity contribution in [1.29, 1.82) is 0 Å². The van der Waals surface area contributed by atoms with Crippen LogP contribution in [0.5, 0.6) is 5.75 Å². The summed E-state index contributed by atoms with van der Waals surface area (Å²) in [7, 11) is 0. The van der Waals surface area contributed by atoms with Crippen LogP contribution in [0.3, 0.4) is 0 Å². The molecule has 0 aromatic heterocycles. The molecule has 94 valence electrons. The molecule has 1 unspecified atom stereocenters. The van der Waals surface area contributed by atoms with Crippen molar-refractivity contribution in [3.63, 3.8) is 0 Å². The van der Waals surface area contributed by atoms with Gasteiger partial charge in [-0.25, -0.2) is 0 Å². The van der Waals surface area contributed by atoms with Gasteiger partial charge in [0.15, 0.2) is 0 Å². The van der Waals surface area contributed by atoms with E-state index in [2.05, 4.69) is 4.90 Å². The maximum absolute atomic E-state index is 9.81. The molecular formula is C14H21NO2. The molecule has 0 amide bonds. The van der Waals surface area contributed by atoms with Crippen LogP contribution in [0.2, 0.25) is 0 Å². The molecule has 1 aromatic rings. The van der Waals surface area contributed by atoms with Gasteiger partial charge in [0.1, 0.15) is 5.75 Å². The molecule has 1 saturated heterocycles. The van der Waals surface area contributed by atoms with Gasteiger partial charge in [0.25, 0.3) is 0 Å². The fourth-order valence-electron chi connectivity index (χ4n) is 2.53. The Kier molecular flexibility index (Phi) is 4.02. The van der Waals surface area contributed by atoms with Crippen molar-refractivity contribution in [2.45, 2.75) is 26.3 Å². The highest BCUT2D eigenvalue weighted by Crippen LogP contribution is 2.23. The summed E-state index contributed by atoms with van der Waals surface area (Å²) in [6, 6.07) is 5.72. The van der Waals surface area contributed by atoms with E-state index in [1.807, 2.05) is 19.1 Å². The van der Waals surface area contributed by atoms with Crippen LogP contribution in [-0.2, 0) is 6.54 Å². The fourth-order valence-corrected chi connectivity index (χ4v) is 2.53. The first-order chi connectivity index (χ1) is 8.19. The molecule has 1 atom stereocenters. The zero-order valence-corrected chi connectivity index (χ0v) is 10.4. The number of aromatic hydroxyl groups is 1. The van der Waals surface area contributed by atoms with Gasteiger partial charge in [-0.1, -0.05) is 17.7 Å². The average Bonchev–Trinajstić information content (AvgIpc) is 2.34. The van der Waals surface area contributed by atoms with Crippen LogP contribution < -0.4 is 0 Å². The largest absolute Gasteiger partial charge is 0.508 e. The number of rotatable bonds is 3. The van der Waals surface area contributed by atoms with Crippen LogP contribution in [0, 0.1) is 12.8 Å². The van der Waals surface area contributed by atoms with Crippen molar-refractivity contribution >= 4 is 0 Å². The van der Waals surface area contributed by atoms with Crippen molar-refractivity contribution in [2.75, 3.05) is 19.7 Å². The molecule has 1 aliphatic heterocycles. The number of likely N-dealkylation sites (tertiary alicyclic amines) is 1. The Morgan fingerprint density at radius 2 is 2.24 bits per heavy atom. The summed E-state index contributed by atoms with van der Waals surface area (Å²) in [6.07, 6.45) is 2.25. The molecule has 2 rings (SSSR count). The van der Waals surface area contributed by atoms with Gasteiger partial charge in [-0.15, -0.1) is 0 Å². The molecule has 0 spiro atoms. The quantitative estimate of drug-likeness (QED) is 0.841. The first-order valence-corrected chi connectivity index (χ1v) is 6.30. The summed E-state index contributed by atoms with van der Waals surface area (Å²) < 4.78 is 0. The highest BCUT2D eigenvalue weighted by molar-refractivity contribution is 5.35. The van der Waals surface area contributed by atoms with E-state index in [-0.39, 0.29) is 6.61 Å². The van der Waals surface area contributed by atoms with Crippen LogP contribution in [0.25, 0.3) is 0 Å². The number of piperidine rings is 1. The van der Waals surface area contributed by atoms with Crippen LogP contribution >= 0.6 is 0 Å². The third-order valence-electron chi connectivity index (χ3n) is 3.49. The van der Waals surface area contributed by atoms with Crippen LogP contribution in [-0.4, -0.2) is 34.8 Å². The third-order valence-corrected chi connectivity index (χ3v) is 3.49. The number of nitrogens with zero attached hydrogens (tertiary/aromatic N) is 1. The van der Waals surface area contributed by atoms with Gasteiger partial charge < -0.3 is 10.2 Å². The van der Waals surface area contributed by atoms with Gasteiger partial charge in [0.2, 0.25) is 0 Å². The lowest BCUT2D eigenvalue weighted by Crippen LogP contribution is -2.36. The average molecular weight is 235 g/mol. The van der Waals surface area contributed by atoms with Gasteiger partial charge >= 0.3 is 0 Å². The molecule has 0 radical (unpaired) electrons. The molecule has 3 heteroatoms. The number of hydrogen-bond donors (Lipinski definition) is 2. The van der Waals surface area contributed by atoms with Crippen molar-refractivity contribution in [3.8, 4) is 5.75 Å². The molecule has 3 nitrogen and oxygen atoms in total. The molecule has 17 heavy (non-hydrogen) atoms. The molecule has 0 bridgehead atoms. The Bertz CT molecular complexity index is 378. The lowest BCUT2D eigenvalue weighted by molar-refractivity contribution is 0.115. The summed E-state index contributed by atoms with van der Waals surface area (Å²) >= 11 is 0. The van der Waals surface area contributed by atoms with Crippen molar-refractivity contribution in [2.24, 2.45) is 5.92 Å². The molecule has 1 aromatic carbocycles. The van der Waals surface area contributed by atoms with Gasteiger partial charge in [-0.3, -0.25) is 4.90 Å². The van der Waals surface area contributed by atoms with Crippen molar-refractivity contribution < 1.29 is 10.2 Å². The van der Waals surface area contributed by atoms with Gasteiger partial charge in [0.05, 0.1) is 0 Å². The number of phenolic OH excluding ortho intramolecular Hbond substituents is 1. The van der Waals surface area contributed by atoms with E-state index in [9.17, 15) is 10.2 Å². The normalized spacial score (nSPS) is 21.6. The molecule has 1 aliphatic rings. The third kappa shape index (κ3) is 3.20. The number of hydrogen-bond acceptors (Lipinski definition) is 3. The van der Waals surface area contributed by atoms with E-state index in [0.29, 0.717) is 11.7 Å². The highest BCUT2D eigenvalue weighted by atomic mass is 16.3. The summed E-state index contributed by atoms with van der Waals surface area (Å²) in [5, 5.41) is 19.0. The second-order valence-electron chi connectivity index (χ2n) is 5.06. The lowest BCUT2D eigenvalue weighted by atomic mass is 9.98. The van der Waals surface area contributed by atoms with E-state index in [1.54, 1.807) is 6.07 Å². The van der Waals surface area contributed by atoms with Crippen molar-refractivity contribution in [3.05, 3.63) is 29.3 Å². The van der Waals surface area contributed by atoms with E-state index in [4.69, 9.17) is 0 Å². The second kappa shape index (κ2) is 5.52. The summed E-state index contributed by atoms with van der Waals surface area (Å²) in [5.41, 5.74) is 2.16. The zero-order chi connectivity index (χ0) is 12.3. The number of aliphatic hydroxyl groups is 1. The topological polar surface area (TPSA) is 43.7 Å². The molecule has 0 aliphatic carbocycles. The molecule has 1 fully saturated rings. The lowest BCUT2D eigenvalue weighted by Gasteiger charge is -2.31. The van der Waals surface area contributed by atoms with Crippen LogP contribution in [0.4, 0.5) is 0 Å². The fraction of sp³-hybridized carbons (Fsp3) is 0.571. The Morgan fingerprint density at radius 3 is 3.00 bits per heavy atom. The van der Waals surface area contributed by atoms with Crippen LogP contribution in [0.1, 0.15) is 24.0 Å². The summed E-state index contributed by atoms with van der Waals surface area (Å²) in [4.78, 5) is 2.32. The SMILES string of the molecule is Cc1ccc(O)c(CN2CCCC(CO)C2)c1. The zero-order valence-electron chi connectivity index (χ0n) is 10.4. The minimum Gasteiger partial charge on any atom is -0.508 e. The summed E-state index contributed by atoms with van der Waals surface area (Å²) in [6.45, 7) is 5.09. The number of aliphatic hydroxyl groups excluding tert-OH is 1. The Labute approximate surface area is 103 Å². The summed E-state index contributed by atoms with van der Waals surface area (Å²) in [5.74, 6) is 0.775. The second-order valence-corrected chi connectivity index (χ2v) is 5.06. The monoisotopic (exact) mass is 235 g/mol. The van der Waals surface area contributed by atoms with Gasteiger partial charge in [0, 0.05) is 25.3 Å². The highest BCUT2D eigenvalue weighted by Gasteiger charge is 2.19. The predicted octanol–water partition coefficient (Wildman–Crippen LogP) is 1.90. The maximum Gasteiger partial charge on any atom is 0.120 e. The minimum atomic E-state index is 0.274. The predicted molar refractivity (Wildman–Crippen MR) is 67.9 cm³/mol. The number of aryl methyl sites for hydroxylation is 1. The Balaban J connectivity index is 2.02. The Hall–Kier alpha value is -1.06. The van der Waals surface area contributed by atoms with Crippen molar-refractivity contribution in [1.82, 2.24) is 4.90 Å². The first kappa shape index (κ1) is 12.4. The van der Waals surface area contributed by atoms with E-state index >= 15 is 0 Å². The van der Waals surface area contributed by atoms with E-state index in [1.165, 1.54) is 5.56 Å². The molecule has 1 heterocycles. The minimum absolute atomic E-state index is 0.274. The molecule has 2 N–H and O–H groups in total. The van der Waals surface area contributed by atoms with E-state index in [0.717, 1.165) is 38.0 Å². The molecule has 0 saturated carbocycles. The van der Waals surface area contributed by atoms with E-state index < -0.39 is 0 Å². The standard InChI is InChI=1S/C14H21NO2/c1-11-4-5-14(17)13(7-11)9-15-6-2-3-12(8-15)10-16/h4-5,7,12,16-17H,2-3,6,8-10H2,1H3.